The van der Waals surface area contributed by atoms with E-state index in [0.29, 0.717) is 6.32 Å². The molecule has 14 heavy (non-hydrogen) atoms. The summed E-state index contributed by atoms with van der Waals surface area (Å²) < 4.78 is 0. The second-order valence-electron chi connectivity index (χ2n) is 2.82. The molecule has 1 aromatic rings. The van der Waals surface area contributed by atoms with Gasteiger partial charge in [0.25, 0.3) is 0 Å². The highest BCUT2D eigenvalue weighted by Crippen LogP contribution is 2.15. The van der Waals surface area contributed by atoms with Crippen LogP contribution in [0.2, 0.25) is 0 Å². The van der Waals surface area contributed by atoms with Crippen molar-refractivity contribution in [3.8, 4) is 0 Å². The van der Waals surface area contributed by atoms with Crippen molar-refractivity contribution in [2.75, 3.05) is 12.5 Å². The van der Waals surface area contributed by atoms with Gasteiger partial charge >= 0.3 is 0 Å². The number of hydrogen-bond donors (Lipinski definition) is 0. The van der Waals surface area contributed by atoms with E-state index in [2.05, 4.69) is 22.5 Å². The minimum atomic E-state index is 0.466. The molecule has 2 nitrogen and oxygen atoms in total. The van der Waals surface area contributed by atoms with Crippen LogP contribution in [0.5, 0.6) is 0 Å². The standard InChI is InChI=1S/C9H13BN2S2/c1-13-5-8-9(6-14-2)12-7(3-10)4-11-8/h4H,3,5-6H2,1-2H3. The van der Waals surface area contributed by atoms with Crippen molar-refractivity contribution in [2.24, 2.45) is 0 Å². The first-order valence-electron chi connectivity index (χ1n) is 4.33. The Labute approximate surface area is 95.1 Å². The summed E-state index contributed by atoms with van der Waals surface area (Å²) in [7, 11) is 5.52. The highest BCUT2D eigenvalue weighted by molar-refractivity contribution is 7.98. The first kappa shape index (κ1) is 11.9. The van der Waals surface area contributed by atoms with Crippen molar-refractivity contribution in [1.29, 1.82) is 0 Å². The van der Waals surface area contributed by atoms with Crippen molar-refractivity contribution in [3.63, 3.8) is 0 Å². The fraction of sp³-hybridized carbons (Fsp3) is 0.556. The summed E-state index contributed by atoms with van der Waals surface area (Å²) in [5.74, 6) is 1.84. The summed E-state index contributed by atoms with van der Waals surface area (Å²) in [4.78, 5) is 8.86. The molecular weight excluding hydrogens is 211 g/mol. The van der Waals surface area contributed by atoms with Gasteiger partial charge in [0.1, 0.15) is 0 Å². The lowest BCUT2D eigenvalue weighted by Crippen LogP contribution is -2.02. The molecule has 0 spiro atoms. The number of nitrogens with zero attached hydrogens (tertiary/aromatic N) is 2. The van der Waals surface area contributed by atoms with Crippen LogP contribution in [-0.2, 0) is 17.8 Å². The summed E-state index contributed by atoms with van der Waals surface area (Å²) in [5, 5.41) is 0. The van der Waals surface area contributed by atoms with Gasteiger partial charge in [0.15, 0.2) is 0 Å². The molecule has 0 N–H and O–H groups in total. The van der Waals surface area contributed by atoms with E-state index >= 15 is 0 Å². The minimum Gasteiger partial charge on any atom is -0.257 e. The normalized spacial score (nSPS) is 10.4. The Hall–Kier alpha value is -0.155. The largest absolute Gasteiger partial charge is 0.257 e. The third kappa shape index (κ3) is 3.21. The summed E-state index contributed by atoms with van der Waals surface area (Å²) >= 11 is 3.53. The van der Waals surface area contributed by atoms with E-state index in [0.717, 1.165) is 28.6 Å². The van der Waals surface area contributed by atoms with Crippen LogP contribution in [0.1, 0.15) is 17.1 Å². The molecule has 0 aliphatic rings. The van der Waals surface area contributed by atoms with Crippen LogP contribution in [0.4, 0.5) is 0 Å². The number of rotatable bonds is 5. The number of hydrogen-bond acceptors (Lipinski definition) is 4. The van der Waals surface area contributed by atoms with Crippen LogP contribution >= 0.6 is 23.5 Å². The molecule has 0 aromatic carbocycles. The highest BCUT2D eigenvalue weighted by atomic mass is 32.2. The third-order valence-electron chi connectivity index (χ3n) is 1.75. The molecule has 5 heteroatoms. The lowest BCUT2D eigenvalue weighted by molar-refractivity contribution is 0.974. The van der Waals surface area contributed by atoms with E-state index in [-0.39, 0.29) is 0 Å². The second kappa shape index (κ2) is 6.35. The zero-order valence-electron chi connectivity index (χ0n) is 8.49. The molecule has 0 aliphatic heterocycles. The van der Waals surface area contributed by atoms with E-state index in [4.69, 9.17) is 7.85 Å². The number of aromatic nitrogens is 2. The lowest BCUT2D eigenvalue weighted by atomic mass is 10.0. The van der Waals surface area contributed by atoms with Crippen molar-refractivity contribution in [1.82, 2.24) is 9.97 Å². The van der Waals surface area contributed by atoms with Crippen LogP contribution < -0.4 is 0 Å². The average molecular weight is 224 g/mol. The monoisotopic (exact) mass is 224 g/mol. The third-order valence-corrected chi connectivity index (χ3v) is 2.88. The predicted molar refractivity (Wildman–Crippen MR) is 65.9 cm³/mol. The van der Waals surface area contributed by atoms with Crippen LogP contribution in [0.25, 0.3) is 0 Å². The molecule has 0 bridgehead atoms. The quantitative estimate of drug-likeness (QED) is 0.713. The van der Waals surface area contributed by atoms with Crippen molar-refractivity contribution in [3.05, 3.63) is 23.3 Å². The molecule has 0 saturated carbocycles. The molecule has 0 fully saturated rings. The van der Waals surface area contributed by atoms with Gasteiger partial charge in [-0.05, 0) is 18.8 Å². The highest BCUT2D eigenvalue weighted by Gasteiger charge is 2.05. The summed E-state index contributed by atoms with van der Waals surface area (Å²) in [6.07, 6.45) is 6.38. The maximum atomic E-state index is 5.52. The predicted octanol–water partition coefficient (Wildman–Crippen LogP) is 1.87. The van der Waals surface area contributed by atoms with Gasteiger partial charge < -0.3 is 0 Å². The molecular formula is C9H13BN2S2. The van der Waals surface area contributed by atoms with Gasteiger partial charge in [0, 0.05) is 17.7 Å². The Kier molecular flexibility index (Phi) is 5.41. The zero-order chi connectivity index (χ0) is 10.4. The summed E-state index contributed by atoms with van der Waals surface area (Å²) in [5.41, 5.74) is 3.04. The van der Waals surface area contributed by atoms with Crippen molar-refractivity contribution in [2.45, 2.75) is 17.8 Å². The van der Waals surface area contributed by atoms with Crippen LogP contribution in [0, 0.1) is 0 Å². The van der Waals surface area contributed by atoms with Crippen LogP contribution in [-0.4, -0.2) is 30.3 Å². The maximum Gasteiger partial charge on any atom is 0.0738 e. The molecule has 1 heterocycles. The van der Waals surface area contributed by atoms with Gasteiger partial charge in [-0.25, -0.2) is 0 Å². The topological polar surface area (TPSA) is 25.8 Å². The van der Waals surface area contributed by atoms with E-state index in [9.17, 15) is 0 Å². The first-order chi connectivity index (χ1) is 6.81. The fourth-order valence-electron chi connectivity index (χ4n) is 1.10. The van der Waals surface area contributed by atoms with Crippen molar-refractivity contribution >= 4 is 31.4 Å². The Morgan fingerprint density at radius 3 is 2.43 bits per heavy atom. The number of thioether (sulfide) groups is 2. The van der Waals surface area contributed by atoms with Crippen LogP contribution in [0.15, 0.2) is 6.20 Å². The smallest absolute Gasteiger partial charge is 0.0738 e. The minimum absolute atomic E-state index is 0.466. The van der Waals surface area contributed by atoms with Gasteiger partial charge in [0.05, 0.1) is 24.9 Å². The molecule has 0 aliphatic carbocycles. The lowest BCUT2D eigenvalue weighted by Gasteiger charge is -2.07. The zero-order valence-corrected chi connectivity index (χ0v) is 10.1. The Balaban J connectivity index is 2.91. The molecule has 1 rings (SSSR count). The van der Waals surface area contributed by atoms with Gasteiger partial charge in [-0.3, -0.25) is 9.97 Å². The fourth-order valence-corrected chi connectivity index (χ4v) is 2.12. The molecule has 2 radical (unpaired) electrons. The second-order valence-corrected chi connectivity index (χ2v) is 4.56. The van der Waals surface area contributed by atoms with E-state index in [1.54, 1.807) is 29.7 Å². The van der Waals surface area contributed by atoms with E-state index in [1.165, 1.54) is 0 Å². The van der Waals surface area contributed by atoms with Gasteiger partial charge in [-0.2, -0.15) is 23.5 Å². The van der Waals surface area contributed by atoms with E-state index in [1.807, 2.05) is 0 Å². The first-order valence-corrected chi connectivity index (χ1v) is 7.12. The molecule has 0 amide bonds. The Morgan fingerprint density at radius 1 is 1.21 bits per heavy atom. The molecule has 1 aromatic heterocycles. The van der Waals surface area contributed by atoms with Crippen molar-refractivity contribution < 1.29 is 0 Å². The van der Waals surface area contributed by atoms with Gasteiger partial charge in [-0.15, -0.1) is 0 Å². The summed E-state index contributed by atoms with van der Waals surface area (Å²) in [6, 6.07) is 0. The van der Waals surface area contributed by atoms with Gasteiger partial charge in [0.2, 0.25) is 0 Å². The van der Waals surface area contributed by atoms with Crippen LogP contribution in [0.3, 0.4) is 0 Å². The molecule has 0 saturated heterocycles. The van der Waals surface area contributed by atoms with Gasteiger partial charge in [-0.1, -0.05) is 0 Å². The molecule has 0 unspecified atom stereocenters. The van der Waals surface area contributed by atoms with E-state index < -0.39 is 0 Å². The average Bonchev–Trinajstić information content (AvgIpc) is 2.21. The SMILES string of the molecule is [B]Cc1cnc(CSC)c(CSC)n1. The molecule has 74 valence electrons. The molecule has 0 atom stereocenters. The Morgan fingerprint density at radius 2 is 1.86 bits per heavy atom. The summed E-state index contributed by atoms with van der Waals surface area (Å²) in [6.45, 7) is 0. The maximum absolute atomic E-state index is 5.52. The Bertz CT molecular complexity index is 294.